The first kappa shape index (κ1) is 23.8. The highest BCUT2D eigenvalue weighted by Gasteiger charge is 2.34. The number of methoxy groups -OCH3 is 1. The van der Waals surface area contributed by atoms with Crippen LogP contribution in [0.4, 0.5) is 17.1 Å². The van der Waals surface area contributed by atoms with Crippen molar-refractivity contribution in [2.75, 3.05) is 23.0 Å². The molecule has 2 aromatic carbocycles. The molecule has 0 aliphatic carbocycles. The van der Waals surface area contributed by atoms with Crippen molar-refractivity contribution in [3.63, 3.8) is 0 Å². The number of anilines is 2. The number of nitrogens with one attached hydrogen (secondary N) is 1. The molecule has 2 rings (SSSR count). The van der Waals surface area contributed by atoms with Crippen molar-refractivity contribution in [2.24, 2.45) is 0 Å². The van der Waals surface area contributed by atoms with Crippen LogP contribution in [-0.4, -0.2) is 44.4 Å². The summed E-state index contributed by atoms with van der Waals surface area (Å²) in [5, 5.41) is 13.8. The molecule has 31 heavy (non-hydrogen) atoms. The maximum Gasteiger partial charge on any atom is 0.271 e. The highest BCUT2D eigenvalue weighted by molar-refractivity contribution is 7.92. The van der Waals surface area contributed by atoms with Crippen molar-refractivity contribution < 1.29 is 27.7 Å². The molecule has 0 aliphatic rings. The Kier molecular flexibility index (Phi) is 7.34. The number of Topliss-reactive ketones (excluding diaryl/α,β-unsaturated/α-hetero) is 1. The van der Waals surface area contributed by atoms with Crippen molar-refractivity contribution in [3.8, 4) is 5.75 Å². The molecule has 0 heterocycles. The van der Waals surface area contributed by atoms with Crippen LogP contribution in [0.2, 0.25) is 0 Å². The standard InChI is InChI=1S/C20H23N3O7S/c1-5-17(20(25)21-15-8-6-7-14(11-15)13(2)24)22(31(4,28)29)18-12-16(23(26)27)9-10-19(18)30-3/h6-12,17H,5H2,1-4H3,(H,21,25)/t17-/m1/s1. The minimum atomic E-state index is -4.05. The first-order chi connectivity index (χ1) is 14.5. The number of hydrogen-bond donors (Lipinski definition) is 1. The molecule has 0 radical (unpaired) electrons. The van der Waals surface area contributed by atoms with Gasteiger partial charge in [-0.15, -0.1) is 0 Å². The highest BCUT2D eigenvalue weighted by atomic mass is 32.2. The molecule has 11 heteroatoms. The van der Waals surface area contributed by atoms with Crippen LogP contribution >= 0.6 is 0 Å². The van der Waals surface area contributed by atoms with Crippen molar-refractivity contribution in [2.45, 2.75) is 26.3 Å². The number of non-ortho nitro benzene ring substituents is 1. The number of benzene rings is 2. The van der Waals surface area contributed by atoms with Crippen LogP contribution < -0.4 is 14.4 Å². The van der Waals surface area contributed by atoms with Gasteiger partial charge in [-0.1, -0.05) is 19.1 Å². The Labute approximate surface area is 180 Å². The number of nitrogens with zero attached hydrogens (tertiary/aromatic N) is 2. The fourth-order valence-corrected chi connectivity index (χ4v) is 4.25. The van der Waals surface area contributed by atoms with Crippen LogP contribution in [-0.2, 0) is 14.8 Å². The minimum absolute atomic E-state index is 0.0563. The molecule has 1 N–H and O–H groups in total. The van der Waals surface area contributed by atoms with Crippen LogP contribution in [0.3, 0.4) is 0 Å². The van der Waals surface area contributed by atoms with Gasteiger partial charge in [-0.05, 0) is 31.5 Å². The molecule has 166 valence electrons. The zero-order valence-corrected chi connectivity index (χ0v) is 18.3. The summed E-state index contributed by atoms with van der Waals surface area (Å²) in [6, 6.07) is 8.49. The van der Waals surface area contributed by atoms with Gasteiger partial charge in [0, 0.05) is 23.4 Å². The third kappa shape index (κ3) is 5.57. The van der Waals surface area contributed by atoms with Crippen LogP contribution in [0.15, 0.2) is 42.5 Å². The smallest absolute Gasteiger partial charge is 0.271 e. The number of carbonyl (C=O) groups is 2. The first-order valence-electron chi connectivity index (χ1n) is 9.23. The van der Waals surface area contributed by atoms with E-state index in [0.717, 1.165) is 16.6 Å². The van der Waals surface area contributed by atoms with E-state index < -0.39 is 26.9 Å². The molecule has 0 bridgehead atoms. The average molecular weight is 449 g/mol. The van der Waals surface area contributed by atoms with E-state index in [0.29, 0.717) is 11.3 Å². The van der Waals surface area contributed by atoms with E-state index >= 15 is 0 Å². The fraction of sp³-hybridized carbons (Fsp3) is 0.300. The lowest BCUT2D eigenvalue weighted by Gasteiger charge is -2.31. The maximum atomic E-state index is 13.0. The number of carbonyl (C=O) groups excluding carboxylic acids is 2. The molecular weight excluding hydrogens is 426 g/mol. The Morgan fingerprint density at radius 1 is 1.23 bits per heavy atom. The molecular formula is C20H23N3O7S. The van der Waals surface area contributed by atoms with Gasteiger partial charge in [0.15, 0.2) is 5.78 Å². The van der Waals surface area contributed by atoms with Gasteiger partial charge in [0.1, 0.15) is 17.5 Å². The Balaban J connectivity index is 2.53. The number of hydrogen-bond acceptors (Lipinski definition) is 7. The van der Waals surface area contributed by atoms with E-state index in [1.165, 1.54) is 32.2 Å². The molecule has 0 unspecified atom stereocenters. The largest absolute Gasteiger partial charge is 0.495 e. The van der Waals surface area contributed by atoms with E-state index in [1.54, 1.807) is 25.1 Å². The van der Waals surface area contributed by atoms with Gasteiger partial charge >= 0.3 is 0 Å². The number of sulfonamides is 1. The Morgan fingerprint density at radius 2 is 1.90 bits per heavy atom. The van der Waals surface area contributed by atoms with Crippen molar-refractivity contribution in [3.05, 3.63) is 58.1 Å². The summed E-state index contributed by atoms with van der Waals surface area (Å²) < 4.78 is 31.3. The third-order valence-electron chi connectivity index (χ3n) is 4.48. The Bertz CT molecular complexity index is 1120. The maximum absolute atomic E-state index is 13.0. The predicted octanol–water partition coefficient (Wildman–Crippen LogP) is 2.99. The van der Waals surface area contributed by atoms with Crippen LogP contribution in [0.1, 0.15) is 30.6 Å². The molecule has 0 saturated heterocycles. The van der Waals surface area contributed by atoms with E-state index in [-0.39, 0.29) is 29.3 Å². The number of ketones is 1. The predicted molar refractivity (Wildman–Crippen MR) is 116 cm³/mol. The van der Waals surface area contributed by atoms with Gasteiger partial charge in [-0.25, -0.2) is 8.42 Å². The quantitative estimate of drug-likeness (QED) is 0.353. The topological polar surface area (TPSA) is 136 Å². The second-order valence-corrected chi connectivity index (χ2v) is 8.58. The molecule has 0 saturated carbocycles. The molecule has 10 nitrogen and oxygen atoms in total. The zero-order valence-electron chi connectivity index (χ0n) is 17.5. The molecule has 0 spiro atoms. The highest BCUT2D eigenvalue weighted by Crippen LogP contribution is 2.35. The molecule has 2 aromatic rings. The number of ether oxygens (including phenoxy) is 1. The lowest BCUT2D eigenvalue weighted by Crippen LogP contribution is -2.47. The molecule has 0 fully saturated rings. The number of rotatable bonds is 9. The lowest BCUT2D eigenvalue weighted by molar-refractivity contribution is -0.384. The van der Waals surface area contributed by atoms with Gasteiger partial charge in [-0.3, -0.25) is 24.0 Å². The monoisotopic (exact) mass is 449 g/mol. The van der Waals surface area contributed by atoms with Crippen molar-refractivity contribution >= 4 is 38.8 Å². The van der Waals surface area contributed by atoms with Crippen LogP contribution in [0.25, 0.3) is 0 Å². The second-order valence-electron chi connectivity index (χ2n) is 6.72. The summed E-state index contributed by atoms with van der Waals surface area (Å²) in [4.78, 5) is 35.2. The van der Waals surface area contributed by atoms with Gasteiger partial charge in [0.2, 0.25) is 15.9 Å². The Hall–Kier alpha value is -3.47. The summed E-state index contributed by atoms with van der Waals surface area (Å²) in [7, 11) is -2.76. The lowest BCUT2D eigenvalue weighted by atomic mass is 10.1. The normalized spacial score (nSPS) is 12.0. The van der Waals surface area contributed by atoms with Gasteiger partial charge in [-0.2, -0.15) is 0 Å². The van der Waals surface area contributed by atoms with Crippen LogP contribution in [0.5, 0.6) is 5.75 Å². The van der Waals surface area contributed by atoms with Crippen molar-refractivity contribution in [1.29, 1.82) is 0 Å². The molecule has 0 aliphatic heterocycles. The minimum Gasteiger partial charge on any atom is -0.495 e. The third-order valence-corrected chi connectivity index (χ3v) is 5.64. The molecule has 1 atom stereocenters. The van der Waals surface area contributed by atoms with E-state index in [9.17, 15) is 28.1 Å². The molecule has 1 amide bonds. The molecule has 0 aromatic heterocycles. The second kappa shape index (κ2) is 9.56. The van der Waals surface area contributed by atoms with E-state index in [2.05, 4.69) is 5.32 Å². The summed E-state index contributed by atoms with van der Waals surface area (Å²) in [5.41, 5.74) is 0.217. The Morgan fingerprint density at radius 3 is 2.42 bits per heavy atom. The van der Waals surface area contributed by atoms with Crippen LogP contribution in [0, 0.1) is 10.1 Å². The van der Waals surface area contributed by atoms with Gasteiger partial charge < -0.3 is 10.1 Å². The first-order valence-corrected chi connectivity index (χ1v) is 11.1. The summed E-state index contributed by atoms with van der Waals surface area (Å²) >= 11 is 0. The van der Waals surface area contributed by atoms with E-state index in [4.69, 9.17) is 4.74 Å². The number of nitro benzene ring substituents is 1. The number of amides is 1. The average Bonchev–Trinajstić information content (AvgIpc) is 2.70. The summed E-state index contributed by atoms with van der Waals surface area (Å²) in [6.45, 7) is 2.99. The number of nitro groups is 1. The summed E-state index contributed by atoms with van der Waals surface area (Å²) in [5.74, 6) is -0.801. The van der Waals surface area contributed by atoms with Gasteiger partial charge in [0.25, 0.3) is 5.69 Å². The fourth-order valence-electron chi connectivity index (χ4n) is 3.04. The summed E-state index contributed by atoms with van der Waals surface area (Å²) in [6.07, 6.45) is 0.967. The van der Waals surface area contributed by atoms with Gasteiger partial charge in [0.05, 0.1) is 18.3 Å². The zero-order chi connectivity index (χ0) is 23.3. The van der Waals surface area contributed by atoms with E-state index in [1.807, 2.05) is 0 Å². The SMILES string of the molecule is CC[C@H](C(=O)Nc1cccc(C(C)=O)c1)N(c1cc([N+](=O)[O-])ccc1OC)S(C)(=O)=O. The van der Waals surface area contributed by atoms with Crippen molar-refractivity contribution in [1.82, 2.24) is 0 Å².